The van der Waals surface area contributed by atoms with E-state index in [9.17, 15) is 23.4 Å². The molecule has 3 aliphatic heterocycles. The van der Waals surface area contributed by atoms with Gasteiger partial charge in [-0.25, -0.2) is 22.5 Å². The molecule has 210 valence electrons. The standard InChI is InChI=1S/C25H29F3N6O5/c1-24-11-25(12-24,5-6-38-24)34-8-13(29-32-34)7-17-23(37-2)21(22(36)18(10-35)39-17)33-9-16(30-31-33)14-3-4-15(26)20(28)19(14)27/h3-4,8-9,17-18,21-23,35-36H,5-7,10-12H2,1-2H3/t17-,18-,21+,22+,23+,24?,25?/m1/s1. The quantitative estimate of drug-likeness (QED) is 0.421. The molecular weight excluding hydrogens is 521 g/mol. The second-order valence-electron chi connectivity index (χ2n) is 10.9. The Balaban J connectivity index is 1.26. The summed E-state index contributed by atoms with van der Waals surface area (Å²) in [6.07, 6.45) is 2.30. The Hall–Kier alpha value is -2.91. The maximum Gasteiger partial charge on any atom is 0.195 e. The topological polar surface area (TPSA) is 130 Å². The summed E-state index contributed by atoms with van der Waals surface area (Å²) < 4.78 is 62.4. The smallest absolute Gasteiger partial charge is 0.195 e. The van der Waals surface area contributed by atoms with E-state index < -0.39 is 54.5 Å². The summed E-state index contributed by atoms with van der Waals surface area (Å²) in [5.41, 5.74) is 0.0386. The highest BCUT2D eigenvalue weighted by Gasteiger charge is 2.58. The van der Waals surface area contributed by atoms with Crippen LogP contribution in [0.1, 0.15) is 37.9 Å². The first-order chi connectivity index (χ1) is 18.7. The van der Waals surface area contributed by atoms with Crippen molar-refractivity contribution in [3.8, 4) is 11.3 Å². The summed E-state index contributed by atoms with van der Waals surface area (Å²) in [6.45, 7) is 2.27. The third-order valence-corrected chi connectivity index (χ3v) is 8.22. The van der Waals surface area contributed by atoms with Crippen molar-refractivity contribution in [3.05, 3.63) is 47.7 Å². The highest BCUT2D eigenvalue weighted by Crippen LogP contribution is 2.54. The lowest BCUT2D eigenvalue weighted by Crippen LogP contribution is -2.62. The number of benzene rings is 1. The highest BCUT2D eigenvalue weighted by molar-refractivity contribution is 5.58. The van der Waals surface area contributed by atoms with Crippen molar-refractivity contribution in [3.63, 3.8) is 0 Å². The van der Waals surface area contributed by atoms with Crippen LogP contribution < -0.4 is 0 Å². The molecule has 1 aliphatic carbocycles. The largest absolute Gasteiger partial charge is 0.394 e. The highest BCUT2D eigenvalue weighted by atomic mass is 19.2. The Morgan fingerprint density at radius 1 is 1.10 bits per heavy atom. The van der Waals surface area contributed by atoms with Gasteiger partial charge in [0.25, 0.3) is 0 Å². The zero-order valence-electron chi connectivity index (χ0n) is 21.4. The number of hydrogen-bond donors (Lipinski definition) is 2. The predicted octanol–water partition coefficient (Wildman–Crippen LogP) is 1.54. The molecule has 5 atom stereocenters. The third kappa shape index (κ3) is 4.34. The van der Waals surface area contributed by atoms with E-state index in [4.69, 9.17) is 14.2 Å². The fraction of sp³-hybridized carbons (Fsp3) is 0.600. The molecule has 4 aliphatic rings. The van der Waals surface area contributed by atoms with E-state index in [1.54, 1.807) is 0 Å². The minimum atomic E-state index is -1.62. The molecule has 2 aromatic heterocycles. The monoisotopic (exact) mass is 550 g/mol. The zero-order valence-corrected chi connectivity index (χ0v) is 21.4. The molecule has 5 heterocycles. The van der Waals surface area contributed by atoms with Crippen LogP contribution in [-0.4, -0.2) is 90.5 Å². The molecule has 11 nitrogen and oxygen atoms in total. The molecule has 2 N–H and O–H groups in total. The van der Waals surface area contributed by atoms with Gasteiger partial charge in [-0.15, -0.1) is 10.2 Å². The molecule has 14 heteroatoms. The summed E-state index contributed by atoms with van der Waals surface area (Å²) in [6, 6.07) is 0.946. The molecule has 0 amide bonds. The van der Waals surface area contributed by atoms with Gasteiger partial charge in [-0.3, -0.25) is 0 Å². The second kappa shape index (κ2) is 9.63. The molecule has 0 spiro atoms. The minimum absolute atomic E-state index is 0.0665. The van der Waals surface area contributed by atoms with Crippen LogP contribution in [0, 0.1) is 17.5 Å². The Morgan fingerprint density at radius 3 is 2.62 bits per heavy atom. The Morgan fingerprint density at radius 2 is 1.90 bits per heavy atom. The maximum absolute atomic E-state index is 14.4. The van der Waals surface area contributed by atoms with Crippen LogP contribution in [0.2, 0.25) is 0 Å². The summed E-state index contributed by atoms with van der Waals surface area (Å²) in [5, 5.41) is 37.6. The molecule has 3 aromatic rings. The summed E-state index contributed by atoms with van der Waals surface area (Å²) >= 11 is 0. The van der Waals surface area contributed by atoms with E-state index in [0.717, 1.165) is 31.4 Å². The SMILES string of the molecule is CO[C@@H]1[C@@H](n2cc(-c3ccc(F)c(F)c3F)nn2)[C@@H](O)[C@@H](CO)O[C@@H]1Cc1cn(C23CCOC(C)(C2)C3)nn1. The van der Waals surface area contributed by atoms with Crippen molar-refractivity contribution in [2.24, 2.45) is 0 Å². The molecule has 3 saturated heterocycles. The molecule has 2 bridgehead atoms. The van der Waals surface area contributed by atoms with Gasteiger partial charge in [-0.1, -0.05) is 10.4 Å². The summed E-state index contributed by atoms with van der Waals surface area (Å²) in [5.74, 6) is -4.35. The van der Waals surface area contributed by atoms with E-state index in [0.29, 0.717) is 12.3 Å². The van der Waals surface area contributed by atoms with E-state index in [1.165, 1.54) is 18.0 Å². The Kier molecular flexibility index (Phi) is 6.50. The number of hydrogen-bond acceptors (Lipinski definition) is 9. The molecule has 7 rings (SSSR count). The van der Waals surface area contributed by atoms with E-state index >= 15 is 0 Å². The number of aliphatic hydroxyl groups excluding tert-OH is 2. The van der Waals surface area contributed by atoms with Gasteiger partial charge < -0.3 is 24.4 Å². The average molecular weight is 551 g/mol. The van der Waals surface area contributed by atoms with Crippen molar-refractivity contribution >= 4 is 0 Å². The van der Waals surface area contributed by atoms with Crippen molar-refractivity contribution < 1.29 is 37.6 Å². The number of aromatic nitrogens is 6. The maximum atomic E-state index is 14.4. The van der Waals surface area contributed by atoms with Crippen LogP contribution in [0.25, 0.3) is 11.3 Å². The molecule has 39 heavy (non-hydrogen) atoms. The zero-order chi connectivity index (χ0) is 27.5. The van der Waals surface area contributed by atoms with Crippen molar-refractivity contribution in [2.45, 2.75) is 74.2 Å². The number of ether oxygens (including phenoxy) is 3. The van der Waals surface area contributed by atoms with Crippen LogP contribution in [0.15, 0.2) is 24.5 Å². The molecule has 1 saturated carbocycles. The first-order valence-electron chi connectivity index (χ1n) is 12.8. The van der Waals surface area contributed by atoms with Crippen molar-refractivity contribution in [1.29, 1.82) is 0 Å². The number of halogens is 3. The lowest BCUT2D eigenvalue weighted by Gasteiger charge is -2.58. The van der Waals surface area contributed by atoms with E-state index in [2.05, 4.69) is 27.5 Å². The average Bonchev–Trinajstić information content (AvgIpc) is 3.58. The van der Waals surface area contributed by atoms with Gasteiger partial charge in [0.2, 0.25) is 0 Å². The lowest BCUT2D eigenvalue weighted by molar-refractivity contribution is -0.212. The predicted molar refractivity (Wildman–Crippen MR) is 127 cm³/mol. The van der Waals surface area contributed by atoms with Crippen LogP contribution in [0.5, 0.6) is 0 Å². The number of methoxy groups -OCH3 is 1. The van der Waals surface area contributed by atoms with Crippen LogP contribution in [0.3, 0.4) is 0 Å². The van der Waals surface area contributed by atoms with Gasteiger partial charge in [-0.05, 0) is 25.5 Å². The van der Waals surface area contributed by atoms with Gasteiger partial charge in [0.1, 0.15) is 30.0 Å². The Bertz CT molecular complexity index is 1360. The van der Waals surface area contributed by atoms with Crippen molar-refractivity contribution in [2.75, 3.05) is 20.3 Å². The normalized spacial score (nSPS) is 34.2. The summed E-state index contributed by atoms with van der Waals surface area (Å²) in [4.78, 5) is 0. The first kappa shape index (κ1) is 26.3. The van der Waals surface area contributed by atoms with Gasteiger partial charge >= 0.3 is 0 Å². The van der Waals surface area contributed by atoms with Crippen LogP contribution in [0.4, 0.5) is 13.2 Å². The number of fused-ring (bicyclic) bond motifs is 2. The molecule has 4 fully saturated rings. The van der Waals surface area contributed by atoms with Crippen LogP contribution >= 0.6 is 0 Å². The molecular formula is C25H29F3N6O5. The van der Waals surface area contributed by atoms with Gasteiger partial charge in [0.05, 0.1) is 35.7 Å². The minimum Gasteiger partial charge on any atom is -0.394 e. The first-order valence-corrected chi connectivity index (χ1v) is 12.8. The molecule has 1 aromatic carbocycles. The third-order valence-electron chi connectivity index (χ3n) is 8.22. The fourth-order valence-corrected chi connectivity index (χ4v) is 6.41. The number of rotatable bonds is 7. The van der Waals surface area contributed by atoms with Gasteiger partial charge in [-0.2, -0.15) is 0 Å². The van der Waals surface area contributed by atoms with Crippen molar-refractivity contribution in [1.82, 2.24) is 30.0 Å². The fourth-order valence-electron chi connectivity index (χ4n) is 6.41. The van der Waals surface area contributed by atoms with Gasteiger partial charge in [0, 0.05) is 44.7 Å². The second-order valence-corrected chi connectivity index (χ2v) is 10.9. The lowest BCUT2D eigenvalue weighted by atomic mass is 9.62. The van der Waals surface area contributed by atoms with E-state index in [-0.39, 0.29) is 28.8 Å². The number of aliphatic hydroxyl groups is 2. The Labute approximate surface area is 221 Å². The van der Waals surface area contributed by atoms with Crippen LogP contribution in [-0.2, 0) is 26.2 Å². The summed E-state index contributed by atoms with van der Waals surface area (Å²) in [7, 11) is 1.44. The number of nitrogens with zero attached hydrogens (tertiary/aromatic N) is 6. The molecule has 0 radical (unpaired) electrons. The van der Waals surface area contributed by atoms with Gasteiger partial charge in [0.15, 0.2) is 17.5 Å². The molecule has 0 unspecified atom stereocenters. The van der Waals surface area contributed by atoms with E-state index in [1.807, 2.05) is 10.9 Å².